The van der Waals surface area contributed by atoms with Gasteiger partial charge in [0.2, 0.25) is 0 Å². The molecule has 0 saturated carbocycles. The van der Waals surface area contributed by atoms with Gasteiger partial charge in [-0.05, 0) is 0 Å². The van der Waals surface area contributed by atoms with Crippen molar-refractivity contribution in [2.75, 3.05) is 0 Å². The first-order valence-corrected chi connectivity index (χ1v) is 7.26. The summed E-state index contributed by atoms with van der Waals surface area (Å²) in [5, 5.41) is 0.618. The van der Waals surface area contributed by atoms with Gasteiger partial charge in [0.05, 0.1) is 0 Å². The smallest absolute Gasteiger partial charge is 0.870 e. The molecule has 2 N–H and O–H groups in total. The first kappa shape index (κ1) is 20.0. The van der Waals surface area contributed by atoms with Crippen molar-refractivity contribution in [2.24, 2.45) is 0 Å². The number of hydrogen-bond donors (Lipinski definition) is 0. The monoisotopic (exact) mass is 338 g/mol. The van der Waals surface area contributed by atoms with E-state index < -0.39 is 0 Å². The summed E-state index contributed by atoms with van der Waals surface area (Å²) in [6.45, 7) is 0. The molecule has 0 aliphatic carbocycles. The van der Waals surface area contributed by atoms with Gasteiger partial charge in [-0.1, -0.05) is 0 Å². The van der Waals surface area contributed by atoms with Gasteiger partial charge >= 0.3 is 130 Å². The zero-order valence-corrected chi connectivity index (χ0v) is 13.6. The molecule has 2 rings (SSSR count). The summed E-state index contributed by atoms with van der Waals surface area (Å²) >= 11 is 9.64. The largest absolute Gasteiger partial charge is 0.870 e. The van der Waals surface area contributed by atoms with Gasteiger partial charge in [-0.3, -0.25) is 0 Å². The second-order valence-electron chi connectivity index (χ2n) is 3.88. The maximum atomic E-state index is 11.3. The summed E-state index contributed by atoms with van der Waals surface area (Å²) in [5.41, 5.74) is 0.846. The van der Waals surface area contributed by atoms with E-state index in [1.54, 1.807) is 17.8 Å². The Morgan fingerprint density at radius 1 is 1.10 bits per heavy atom. The van der Waals surface area contributed by atoms with Crippen molar-refractivity contribution >= 4 is 46.0 Å². The quantitative estimate of drug-likeness (QED) is 0.798. The van der Waals surface area contributed by atoms with Gasteiger partial charge in [0, 0.05) is 0 Å². The van der Waals surface area contributed by atoms with Crippen molar-refractivity contribution in [2.45, 2.75) is 16.2 Å². The molecule has 0 atom stereocenters. The maximum Gasteiger partial charge on any atom is -0.870 e. The third-order valence-corrected chi connectivity index (χ3v) is 3.85. The molecule has 0 aliphatic rings. The molecule has 0 aromatic heterocycles. The van der Waals surface area contributed by atoms with Crippen LogP contribution in [0.4, 0.5) is 0 Å². The number of benzene rings is 2. The van der Waals surface area contributed by atoms with E-state index in [4.69, 9.17) is 11.6 Å². The van der Waals surface area contributed by atoms with Gasteiger partial charge < -0.3 is 11.0 Å². The zero-order chi connectivity index (χ0) is 13.7. The Labute approximate surface area is 140 Å². The number of carbonyl (C=O) groups excluding carboxylic acids is 1. The van der Waals surface area contributed by atoms with Gasteiger partial charge in [0.25, 0.3) is 0 Å². The molecule has 0 radical (unpaired) electrons. The van der Waals surface area contributed by atoms with E-state index in [1.165, 1.54) is 0 Å². The molecule has 108 valence electrons. The summed E-state index contributed by atoms with van der Waals surface area (Å²) < 4.78 is 4.58. The number of hydrogen-bond acceptors (Lipinski definition) is 5. The number of rotatable bonds is 4. The molecule has 0 heterocycles. The Kier molecular flexibility index (Phi) is 9.38. The Balaban J connectivity index is 0.00000200. The Morgan fingerprint density at radius 3 is 2.38 bits per heavy atom. The molecule has 2 aromatic carbocycles. The van der Waals surface area contributed by atoms with E-state index in [2.05, 4.69) is 3.79 Å². The van der Waals surface area contributed by atoms with Gasteiger partial charge in [-0.2, -0.15) is 0 Å². The Morgan fingerprint density at radius 2 is 1.76 bits per heavy atom. The molecule has 21 heavy (non-hydrogen) atoms. The van der Waals surface area contributed by atoms with Crippen molar-refractivity contribution in [3.8, 4) is 0 Å². The molecular weight excluding hydrogens is 327 g/mol. The van der Waals surface area contributed by atoms with Crippen molar-refractivity contribution in [3.05, 3.63) is 59.1 Å². The van der Waals surface area contributed by atoms with E-state index in [9.17, 15) is 4.79 Å². The van der Waals surface area contributed by atoms with Crippen LogP contribution in [0.3, 0.4) is 0 Å². The predicted octanol–water partition coefficient (Wildman–Crippen LogP) is 3.31. The molecule has 2 aromatic rings. The topological polar surface area (TPSA) is 86.3 Å². The maximum absolute atomic E-state index is 11.3. The van der Waals surface area contributed by atoms with Gasteiger partial charge in [-0.25, -0.2) is 0 Å². The van der Waals surface area contributed by atoms with E-state index in [-0.39, 0.29) is 23.3 Å². The molecule has 0 fully saturated rings. The SMILES string of the molecule is O=C(Cc1cc(Cl)cc(Sc2ccccc2)c1)[O][Al+2].[OH-].[OH-]. The van der Waals surface area contributed by atoms with Gasteiger partial charge in [0.1, 0.15) is 0 Å². The van der Waals surface area contributed by atoms with E-state index >= 15 is 0 Å². The van der Waals surface area contributed by atoms with Crippen LogP contribution in [-0.4, -0.2) is 33.5 Å². The van der Waals surface area contributed by atoms with Crippen molar-refractivity contribution < 1.29 is 19.5 Å². The minimum Gasteiger partial charge on any atom is -0.870 e. The fourth-order valence-electron chi connectivity index (χ4n) is 1.61. The first-order valence-electron chi connectivity index (χ1n) is 5.59. The van der Waals surface area contributed by atoms with E-state index in [1.807, 2.05) is 59.1 Å². The summed E-state index contributed by atoms with van der Waals surface area (Å²) in [6, 6.07) is 15.6. The molecule has 0 aliphatic heterocycles. The van der Waals surface area contributed by atoms with Gasteiger partial charge in [-0.15, -0.1) is 0 Å². The van der Waals surface area contributed by atoms with Crippen LogP contribution < -0.4 is 0 Å². The summed E-state index contributed by atoms with van der Waals surface area (Å²) in [7, 11) is 0. The summed E-state index contributed by atoms with van der Waals surface area (Å²) in [4.78, 5) is 13.4. The second kappa shape index (κ2) is 9.85. The van der Waals surface area contributed by atoms with Crippen LogP contribution in [0.25, 0.3) is 0 Å². The average molecular weight is 339 g/mol. The van der Waals surface area contributed by atoms with Crippen LogP contribution in [0.5, 0.6) is 0 Å². The minimum atomic E-state index is -0.303. The first-order chi connectivity index (χ1) is 9.17. The summed E-state index contributed by atoms with van der Waals surface area (Å²) in [5.74, 6) is -0.303. The molecular formula is C14H12AlClO4S. The van der Waals surface area contributed by atoms with Crippen LogP contribution >= 0.6 is 23.4 Å². The molecule has 0 unspecified atom stereocenters. The van der Waals surface area contributed by atoms with Gasteiger partial charge in [0.15, 0.2) is 0 Å². The molecule has 0 saturated heterocycles. The third-order valence-electron chi connectivity index (χ3n) is 2.39. The van der Waals surface area contributed by atoms with E-state index in [0.29, 0.717) is 5.02 Å². The molecule has 0 bridgehead atoms. The standard InChI is InChI=1S/C14H11ClO2S.Al.2H2O/c15-11-6-10(8-14(16)17)7-13(9-11)18-12-4-2-1-3-5-12;;;/h1-7,9H,8H2,(H,16,17);;2*1H2/q;+3;;/p-3. The van der Waals surface area contributed by atoms with Crippen LogP contribution in [0.2, 0.25) is 5.02 Å². The van der Waals surface area contributed by atoms with Crippen LogP contribution in [0.15, 0.2) is 58.3 Å². The van der Waals surface area contributed by atoms with Crippen LogP contribution in [0, 0.1) is 0 Å². The number of carbonyl (C=O) groups is 1. The second-order valence-corrected chi connectivity index (χ2v) is 5.70. The van der Waals surface area contributed by atoms with Crippen LogP contribution in [-0.2, 0) is 15.0 Å². The fraction of sp³-hybridized carbons (Fsp3) is 0.0714. The van der Waals surface area contributed by atoms with Crippen LogP contribution in [0.1, 0.15) is 5.56 Å². The predicted molar refractivity (Wildman–Crippen MR) is 81.4 cm³/mol. The van der Waals surface area contributed by atoms with Crippen molar-refractivity contribution in [3.63, 3.8) is 0 Å². The van der Waals surface area contributed by atoms with Crippen molar-refractivity contribution in [1.29, 1.82) is 0 Å². The third kappa shape index (κ3) is 6.53. The number of halogens is 1. The average Bonchev–Trinajstić information content (AvgIpc) is 2.39. The fourth-order valence-corrected chi connectivity index (χ4v) is 2.98. The molecule has 0 spiro atoms. The normalized spacial score (nSPS) is 9.29. The minimum absolute atomic E-state index is 0. The van der Waals surface area contributed by atoms with Crippen molar-refractivity contribution in [1.82, 2.24) is 0 Å². The summed E-state index contributed by atoms with van der Waals surface area (Å²) in [6.07, 6.45) is 0.215. The molecule has 4 nitrogen and oxygen atoms in total. The van der Waals surface area contributed by atoms with E-state index in [0.717, 1.165) is 15.4 Å². The molecule has 7 heteroatoms. The zero-order valence-electron chi connectivity index (χ0n) is 10.9. The Bertz CT molecular complexity index is 580. The Hall–Kier alpha value is -0.998. The molecule has 0 amide bonds.